The van der Waals surface area contributed by atoms with E-state index >= 15 is 0 Å². The molecule has 0 aromatic carbocycles. The molecule has 0 fully saturated rings. The van der Waals surface area contributed by atoms with Crippen molar-refractivity contribution in [1.82, 2.24) is 14.9 Å². The van der Waals surface area contributed by atoms with Crippen LogP contribution in [0.2, 0.25) is 0 Å². The number of fused-ring (bicyclic) bond motifs is 1. The van der Waals surface area contributed by atoms with Gasteiger partial charge in [0.1, 0.15) is 5.76 Å². The molecule has 0 radical (unpaired) electrons. The van der Waals surface area contributed by atoms with Crippen molar-refractivity contribution in [2.45, 2.75) is 38.5 Å². The summed E-state index contributed by atoms with van der Waals surface area (Å²) in [6.45, 7) is 7.62. The minimum atomic E-state index is -3.53. The number of nitrogens with one attached hydrogen (secondary N) is 1. The minimum Gasteiger partial charge on any atom is -0.444 e. The summed E-state index contributed by atoms with van der Waals surface area (Å²) in [6, 6.07) is 3.92. The van der Waals surface area contributed by atoms with Crippen LogP contribution in [0.3, 0.4) is 0 Å². The fraction of sp³-hybridized carbons (Fsp3) is 0.529. The van der Waals surface area contributed by atoms with E-state index in [1.807, 2.05) is 12.1 Å². The lowest BCUT2D eigenvalue weighted by Gasteiger charge is -2.26. The Balaban J connectivity index is 1.76. The van der Waals surface area contributed by atoms with Crippen molar-refractivity contribution < 1.29 is 12.8 Å². The highest BCUT2D eigenvalue weighted by Crippen LogP contribution is 2.22. The summed E-state index contributed by atoms with van der Waals surface area (Å²) in [6.07, 6.45) is 1.57. The van der Waals surface area contributed by atoms with Crippen LogP contribution in [0.5, 0.6) is 0 Å². The zero-order chi connectivity index (χ0) is 18.9. The van der Waals surface area contributed by atoms with Gasteiger partial charge in [0.15, 0.2) is 5.88 Å². The molecular weight excluding hydrogens is 356 g/mol. The van der Waals surface area contributed by atoms with Crippen molar-refractivity contribution in [3.63, 3.8) is 0 Å². The highest BCUT2D eigenvalue weighted by Gasteiger charge is 2.24. The normalized spacial score (nSPS) is 15.0. The SMILES string of the molecule is CCN(CC)c1ccc(CN2CCc3nc(S(C)(=O)=O)[nH]c(=O)c3C2)o1. The van der Waals surface area contributed by atoms with E-state index in [0.717, 1.165) is 31.0 Å². The van der Waals surface area contributed by atoms with Gasteiger partial charge < -0.3 is 9.32 Å². The Labute approximate surface area is 152 Å². The number of rotatable bonds is 6. The Bertz CT molecular complexity index is 944. The summed E-state index contributed by atoms with van der Waals surface area (Å²) < 4.78 is 29.2. The topological polar surface area (TPSA) is 99.5 Å². The first-order valence-electron chi connectivity index (χ1n) is 8.70. The molecule has 0 saturated carbocycles. The van der Waals surface area contributed by atoms with E-state index in [9.17, 15) is 13.2 Å². The minimum absolute atomic E-state index is 0.260. The maximum absolute atomic E-state index is 12.3. The number of H-pyrrole nitrogens is 1. The third-order valence-corrected chi connectivity index (χ3v) is 5.47. The van der Waals surface area contributed by atoms with Gasteiger partial charge >= 0.3 is 0 Å². The molecule has 0 amide bonds. The van der Waals surface area contributed by atoms with E-state index in [4.69, 9.17) is 4.42 Å². The van der Waals surface area contributed by atoms with Gasteiger partial charge in [0.2, 0.25) is 15.0 Å². The van der Waals surface area contributed by atoms with Crippen molar-refractivity contribution >= 4 is 15.7 Å². The molecule has 0 aliphatic carbocycles. The molecule has 0 saturated heterocycles. The number of furan rings is 1. The average molecular weight is 380 g/mol. The molecule has 0 atom stereocenters. The van der Waals surface area contributed by atoms with Crippen LogP contribution in [0.15, 0.2) is 26.5 Å². The van der Waals surface area contributed by atoms with Gasteiger partial charge in [-0.2, -0.15) is 0 Å². The van der Waals surface area contributed by atoms with E-state index in [1.54, 1.807) is 0 Å². The lowest BCUT2D eigenvalue weighted by molar-refractivity contribution is 0.222. The van der Waals surface area contributed by atoms with Crippen LogP contribution >= 0.6 is 0 Å². The van der Waals surface area contributed by atoms with Crippen molar-refractivity contribution in [3.05, 3.63) is 39.5 Å². The molecule has 1 N–H and O–H groups in total. The first kappa shape index (κ1) is 18.7. The number of nitrogens with zero attached hydrogens (tertiary/aromatic N) is 3. The van der Waals surface area contributed by atoms with Gasteiger partial charge in [-0.1, -0.05) is 0 Å². The molecule has 142 valence electrons. The molecule has 1 aliphatic rings. The fourth-order valence-corrected chi connectivity index (χ4v) is 3.70. The predicted octanol–water partition coefficient (Wildman–Crippen LogP) is 1.17. The third-order valence-electron chi connectivity index (χ3n) is 4.58. The van der Waals surface area contributed by atoms with Gasteiger partial charge in [-0.15, -0.1) is 0 Å². The van der Waals surface area contributed by atoms with E-state index in [0.29, 0.717) is 37.3 Å². The Morgan fingerprint density at radius 3 is 2.69 bits per heavy atom. The van der Waals surface area contributed by atoms with Gasteiger partial charge in [0.25, 0.3) is 5.56 Å². The largest absolute Gasteiger partial charge is 0.444 e. The molecule has 0 unspecified atom stereocenters. The number of aromatic amines is 1. The van der Waals surface area contributed by atoms with E-state index < -0.39 is 9.84 Å². The summed E-state index contributed by atoms with van der Waals surface area (Å²) >= 11 is 0. The molecule has 8 nitrogen and oxygen atoms in total. The molecular formula is C17H24N4O4S. The Hall–Kier alpha value is -2.13. The lowest BCUT2D eigenvalue weighted by atomic mass is 10.1. The molecule has 26 heavy (non-hydrogen) atoms. The van der Waals surface area contributed by atoms with Crippen LogP contribution in [0.25, 0.3) is 0 Å². The second-order valence-corrected chi connectivity index (χ2v) is 8.37. The van der Waals surface area contributed by atoms with Gasteiger partial charge in [-0.3, -0.25) is 14.7 Å². The van der Waals surface area contributed by atoms with Gasteiger partial charge in [-0.25, -0.2) is 13.4 Å². The van der Waals surface area contributed by atoms with Crippen molar-refractivity contribution in [2.75, 3.05) is 30.8 Å². The van der Waals surface area contributed by atoms with Crippen LogP contribution < -0.4 is 10.5 Å². The predicted molar refractivity (Wildman–Crippen MR) is 98.1 cm³/mol. The maximum Gasteiger partial charge on any atom is 0.256 e. The second-order valence-electron chi connectivity index (χ2n) is 6.44. The van der Waals surface area contributed by atoms with Crippen LogP contribution in [-0.4, -0.2) is 49.2 Å². The smallest absolute Gasteiger partial charge is 0.256 e. The summed E-state index contributed by atoms with van der Waals surface area (Å²) in [5, 5.41) is -0.260. The summed E-state index contributed by atoms with van der Waals surface area (Å²) in [5.41, 5.74) is 0.705. The summed E-state index contributed by atoms with van der Waals surface area (Å²) in [5.74, 6) is 1.69. The van der Waals surface area contributed by atoms with E-state index in [-0.39, 0.29) is 10.7 Å². The molecule has 9 heteroatoms. The van der Waals surface area contributed by atoms with Crippen LogP contribution in [0, 0.1) is 0 Å². The van der Waals surface area contributed by atoms with Gasteiger partial charge in [0.05, 0.1) is 17.8 Å². The van der Waals surface area contributed by atoms with Gasteiger partial charge in [-0.05, 0) is 19.9 Å². The highest BCUT2D eigenvalue weighted by atomic mass is 32.2. The number of aromatic nitrogens is 2. The third kappa shape index (κ3) is 3.83. The van der Waals surface area contributed by atoms with Crippen LogP contribution in [0.1, 0.15) is 30.9 Å². The Kier molecular flexibility index (Phi) is 5.19. The zero-order valence-corrected chi connectivity index (χ0v) is 16.1. The molecule has 3 heterocycles. The first-order chi connectivity index (χ1) is 12.3. The molecule has 3 rings (SSSR count). The molecule has 2 aromatic heterocycles. The molecule has 1 aliphatic heterocycles. The lowest BCUT2D eigenvalue weighted by Crippen LogP contribution is -2.36. The van der Waals surface area contributed by atoms with Crippen LogP contribution in [0.4, 0.5) is 5.88 Å². The van der Waals surface area contributed by atoms with E-state index in [1.165, 1.54) is 0 Å². The van der Waals surface area contributed by atoms with Crippen molar-refractivity contribution in [1.29, 1.82) is 0 Å². The van der Waals surface area contributed by atoms with E-state index in [2.05, 4.69) is 33.6 Å². The molecule has 0 spiro atoms. The molecule has 0 bridgehead atoms. The Morgan fingerprint density at radius 1 is 1.31 bits per heavy atom. The monoisotopic (exact) mass is 380 g/mol. The summed E-state index contributed by atoms with van der Waals surface area (Å²) in [4.78, 5) is 23.0. The second kappa shape index (κ2) is 7.24. The standard InChI is InChI=1S/C17H24N4O4S/c1-4-21(5-2)15-7-6-12(25-15)10-20-9-8-14-13(11-20)16(22)19-17(18-14)26(3,23)24/h6-7H,4-5,8-11H2,1-3H3,(H,18,19,22). The van der Waals surface area contributed by atoms with Gasteiger partial charge in [0, 0.05) is 44.9 Å². The van der Waals surface area contributed by atoms with Crippen LogP contribution in [-0.2, 0) is 29.3 Å². The highest BCUT2D eigenvalue weighted by molar-refractivity contribution is 7.90. The fourth-order valence-electron chi connectivity index (χ4n) is 3.15. The summed E-state index contributed by atoms with van der Waals surface area (Å²) in [7, 11) is -3.53. The Morgan fingerprint density at radius 2 is 2.04 bits per heavy atom. The first-order valence-corrected chi connectivity index (χ1v) is 10.6. The van der Waals surface area contributed by atoms with Crippen molar-refractivity contribution in [3.8, 4) is 0 Å². The van der Waals surface area contributed by atoms with Crippen molar-refractivity contribution in [2.24, 2.45) is 0 Å². The molecule has 2 aromatic rings. The number of hydrogen-bond donors (Lipinski definition) is 1. The number of hydrogen-bond acceptors (Lipinski definition) is 7. The number of anilines is 1. The zero-order valence-electron chi connectivity index (χ0n) is 15.3. The maximum atomic E-state index is 12.3. The quantitative estimate of drug-likeness (QED) is 0.751. The number of sulfone groups is 1. The average Bonchev–Trinajstić information content (AvgIpc) is 3.04.